The van der Waals surface area contributed by atoms with Crippen molar-refractivity contribution in [1.29, 1.82) is 0 Å². The molecule has 2 fully saturated rings. The van der Waals surface area contributed by atoms with E-state index in [1.807, 2.05) is 17.0 Å². The van der Waals surface area contributed by atoms with Crippen molar-refractivity contribution >= 4 is 23.4 Å². The van der Waals surface area contributed by atoms with Gasteiger partial charge in [-0.1, -0.05) is 23.7 Å². The first-order chi connectivity index (χ1) is 12.5. The second-order valence-electron chi connectivity index (χ2n) is 7.07. The quantitative estimate of drug-likeness (QED) is 0.788. The second kappa shape index (κ2) is 8.84. The summed E-state index contributed by atoms with van der Waals surface area (Å²) in [4.78, 5) is 32.2. The first-order valence-electron chi connectivity index (χ1n) is 9.24. The molecular formula is C19H27ClN4O2. The lowest BCUT2D eigenvalue weighted by Gasteiger charge is -2.37. The molecule has 2 amide bonds. The molecule has 0 unspecified atom stereocenters. The largest absolute Gasteiger partial charge is 0.339 e. The Balaban J connectivity index is 1.39. The number of benzene rings is 1. The standard InChI is InChI=1S/C19H27ClN4O2/c1-16(25)23-10-12-24(13-11-23)19(26)15-22-8-6-21(7-9-22)14-17-2-4-18(20)5-3-17/h2-5H,6-15H2,1H3. The maximum absolute atomic E-state index is 12.5. The number of carbonyl (C=O) groups excluding carboxylic acids is 2. The topological polar surface area (TPSA) is 47.1 Å². The number of amides is 2. The number of rotatable bonds is 4. The van der Waals surface area contributed by atoms with Gasteiger partial charge in [-0.2, -0.15) is 0 Å². The smallest absolute Gasteiger partial charge is 0.236 e. The molecule has 7 heteroatoms. The minimum absolute atomic E-state index is 0.0916. The molecule has 0 atom stereocenters. The zero-order valence-electron chi connectivity index (χ0n) is 15.4. The van der Waals surface area contributed by atoms with Gasteiger partial charge in [0, 0.05) is 70.8 Å². The lowest BCUT2D eigenvalue weighted by Crippen LogP contribution is -2.54. The fourth-order valence-electron chi connectivity index (χ4n) is 3.52. The van der Waals surface area contributed by atoms with Gasteiger partial charge in [0.2, 0.25) is 11.8 Å². The van der Waals surface area contributed by atoms with Crippen molar-refractivity contribution in [3.63, 3.8) is 0 Å². The minimum Gasteiger partial charge on any atom is -0.339 e. The fourth-order valence-corrected chi connectivity index (χ4v) is 3.64. The lowest BCUT2D eigenvalue weighted by molar-refractivity contribution is -0.139. The molecule has 26 heavy (non-hydrogen) atoms. The molecule has 0 saturated carbocycles. The zero-order valence-corrected chi connectivity index (χ0v) is 16.1. The number of hydrogen-bond donors (Lipinski definition) is 0. The van der Waals surface area contributed by atoms with Crippen LogP contribution in [0.1, 0.15) is 12.5 Å². The molecule has 0 aliphatic carbocycles. The van der Waals surface area contributed by atoms with Crippen molar-refractivity contribution in [3.05, 3.63) is 34.9 Å². The average Bonchev–Trinajstić information content (AvgIpc) is 2.65. The van der Waals surface area contributed by atoms with Crippen LogP contribution in [-0.2, 0) is 16.1 Å². The van der Waals surface area contributed by atoms with Crippen molar-refractivity contribution in [2.45, 2.75) is 13.5 Å². The van der Waals surface area contributed by atoms with E-state index < -0.39 is 0 Å². The maximum atomic E-state index is 12.5. The van der Waals surface area contributed by atoms with Crippen molar-refractivity contribution in [1.82, 2.24) is 19.6 Å². The zero-order chi connectivity index (χ0) is 18.5. The van der Waals surface area contributed by atoms with Crippen LogP contribution in [0.5, 0.6) is 0 Å². The molecule has 2 saturated heterocycles. The molecular weight excluding hydrogens is 352 g/mol. The van der Waals surface area contributed by atoms with Crippen LogP contribution in [0.3, 0.4) is 0 Å². The second-order valence-corrected chi connectivity index (χ2v) is 7.50. The number of nitrogens with zero attached hydrogens (tertiary/aromatic N) is 4. The average molecular weight is 379 g/mol. The molecule has 0 spiro atoms. The van der Waals surface area contributed by atoms with E-state index in [2.05, 4.69) is 21.9 Å². The van der Waals surface area contributed by atoms with E-state index in [0.717, 1.165) is 37.7 Å². The Morgan fingerprint density at radius 3 is 1.96 bits per heavy atom. The third-order valence-corrected chi connectivity index (χ3v) is 5.47. The monoisotopic (exact) mass is 378 g/mol. The van der Waals surface area contributed by atoms with E-state index in [1.54, 1.807) is 11.8 Å². The Labute approximate surface area is 160 Å². The number of piperazine rings is 2. The van der Waals surface area contributed by atoms with Crippen LogP contribution in [0.4, 0.5) is 0 Å². The van der Waals surface area contributed by atoms with Crippen LogP contribution in [0.25, 0.3) is 0 Å². The van der Waals surface area contributed by atoms with Crippen LogP contribution in [-0.4, -0.2) is 90.3 Å². The molecule has 1 aromatic rings. The van der Waals surface area contributed by atoms with Gasteiger partial charge in [-0.3, -0.25) is 19.4 Å². The first-order valence-corrected chi connectivity index (χ1v) is 9.61. The molecule has 142 valence electrons. The Morgan fingerprint density at radius 2 is 1.38 bits per heavy atom. The minimum atomic E-state index is 0.0916. The van der Waals surface area contributed by atoms with Crippen LogP contribution in [0.2, 0.25) is 5.02 Å². The summed E-state index contributed by atoms with van der Waals surface area (Å²) in [5, 5.41) is 0.765. The highest BCUT2D eigenvalue weighted by Gasteiger charge is 2.25. The van der Waals surface area contributed by atoms with Crippen LogP contribution in [0, 0.1) is 0 Å². The molecule has 0 radical (unpaired) electrons. The van der Waals surface area contributed by atoms with Crippen LogP contribution >= 0.6 is 11.6 Å². The predicted octanol–water partition coefficient (Wildman–Crippen LogP) is 1.15. The Hall–Kier alpha value is -1.63. The van der Waals surface area contributed by atoms with Crippen LogP contribution < -0.4 is 0 Å². The summed E-state index contributed by atoms with van der Waals surface area (Å²) in [6, 6.07) is 7.99. The van der Waals surface area contributed by atoms with Crippen molar-refractivity contribution < 1.29 is 9.59 Å². The van der Waals surface area contributed by atoms with Crippen LogP contribution in [0.15, 0.2) is 24.3 Å². The Morgan fingerprint density at radius 1 is 0.846 bits per heavy atom. The lowest BCUT2D eigenvalue weighted by atomic mass is 10.2. The molecule has 0 aromatic heterocycles. The normalized spacial score (nSPS) is 19.6. The summed E-state index contributed by atoms with van der Waals surface area (Å²) >= 11 is 5.93. The van der Waals surface area contributed by atoms with E-state index in [9.17, 15) is 9.59 Å². The van der Waals surface area contributed by atoms with Gasteiger partial charge in [0.1, 0.15) is 0 Å². The van der Waals surface area contributed by atoms with Crippen molar-refractivity contribution in [3.8, 4) is 0 Å². The van der Waals surface area contributed by atoms with Gasteiger partial charge in [0.15, 0.2) is 0 Å². The van der Waals surface area contributed by atoms with E-state index in [0.29, 0.717) is 32.7 Å². The Bertz CT molecular complexity index is 621. The summed E-state index contributed by atoms with van der Waals surface area (Å²) in [6.07, 6.45) is 0. The number of hydrogen-bond acceptors (Lipinski definition) is 4. The molecule has 0 N–H and O–H groups in total. The third-order valence-electron chi connectivity index (χ3n) is 5.22. The van der Waals surface area contributed by atoms with Gasteiger partial charge < -0.3 is 9.80 Å². The summed E-state index contributed by atoms with van der Waals surface area (Å²) in [7, 11) is 0. The van der Waals surface area contributed by atoms with Gasteiger partial charge in [-0.25, -0.2) is 0 Å². The van der Waals surface area contributed by atoms with Crippen molar-refractivity contribution in [2.75, 3.05) is 58.9 Å². The molecule has 1 aromatic carbocycles. The summed E-state index contributed by atoms with van der Waals surface area (Å²) in [5.41, 5.74) is 1.27. The summed E-state index contributed by atoms with van der Waals surface area (Å²) in [5.74, 6) is 0.272. The Kier molecular flexibility index (Phi) is 6.51. The van der Waals surface area contributed by atoms with Gasteiger partial charge in [-0.05, 0) is 17.7 Å². The summed E-state index contributed by atoms with van der Waals surface area (Å²) in [6.45, 7) is 9.33. The molecule has 2 aliphatic heterocycles. The molecule has 2 heterocycles. The first kappa shape index (κ1) is 19.1. The van der Waals surface area contributed by atoms with Gasteiger partial charge in [0.25, 0.3) is 0 Å². The third kappa shape index (κ3) is 5.19. The van der Waals surface area contributed by atoms with Gasteiger partial charge >= 0.3 is 0 Å². The van der Waals surface area contributed by atoms with Crippen molar-refractivity contribution in [2.24, 2.45) is 0 Å². The van der Waals surface area contributed by atoms with E-state index in [4.69, 9.17) is 11.6 Å². The highest BCUT2D eigenvalue weighted by Crippen LogP contribution is 2.13. The van der Waals surface area contributed by atoms with Gasteiger partial charge in [0.05, 0.1) is 6.54 Å². The highest BCUT2D eigenvalue weighted by atomic mass is 35.5. The molecule has 6 nitrogen and oxygen atoms in total. The SMILES string of the molecule is CC(=O)N1CCN(C(=O)CN2CCN(Cc3ccc(Cl)cc3)CC2)CC1. The predicted molar refractivity (Wildman–Crippen MR) is 102 cm³/mol. The molecule has 2 aliphatic rings. The highest BCUT2D eigenvalue weighted by molar-refractivity contribution is 6.30. The summed E-state index contributed by atoms with van der Waals surface area (Å²) < 4.78 is 0. The number of halogens is 1. The van der Waals surface area contributed by atoms with E-state index >= 15 is 0 Å². The molecule has 3 rings (SSSR count). The van der Waals surface area contributed by atoms with E-state index in [1.165, 1.54) is 5.56 Å². The molecule has 0 bridgehead atoms. The van der Waals surface area contributed by atoms with Gasteiger partial charge in [-0.15, -0.1) is 0 Å². The van der Waals surface area contributed by atoms with E-state index in [-0.39, 0.29) is 11.8 Å². The number of carbonyl (C=O) groups is 2. The maximum Gasteiger partial charge on any atom is 0.236 e. The fraction of sp³-hybridized carbons (Fsp3) is 0.579.